The average Bonchev–Trinajstić information content (AvgIpc) is 2.65. The maximum atomic E-state index is 13.2. The summed E-state index contributed by atoms with van der Waals surface area (Å²) in [6.45, 7) is 0. The summed E-state index contributed by atoms with van der Waals surface area (Å²) in [5, 5.41) is 13.2. The Hall–Kier alpha value is -2.24. The second-order valence-corrected chi connectivity index (χ2v) is 3.09. The van der Waals surface area contributed by atoms with E-state index in [1.54, 1.807) is 0 Å². The molecule has 0 bridgehead atoms. The molecule has 3 N–H and O–H groups in total. The number of rotatable bonds is 2. The molecule has 0 spiro atoms. The molecule has 0 radical (unpaired) electrons. The summed E-state index contributed by atoms with van der Waals surface area (Å²) in [5.74, 6) is -0.826. The lowest BCUT2D eigenvalue weighted by molar-refractivity contribution is 0.350. The van der Waals surface area contributed by atoms with E-state index < -0.39 is 5.82 Å². The van der Waals surface area contributed by atoms with Crippen molar-refractivity contribution < 1.29 is 18.8 Å². The van der Waals surface area contributed by atoms with Crippen molar-refractivity contribution in [1.29, 1.82) is 0 Å². The van der Waals surface area contributed by atoms with E-state index in [2.05, 4.69) is 5.16 Å². The average molecular weight is 224 g/mol. The van der Waals surface area contributed by atoms with Crippen LogP contribution < -0.4 is 10.5 Å². The van der Waals surface area contributed by atoms with Gasteiger partial charge in [0.25, 0.3) is 0 Å². The summed E-state index contributed by atoms with van der Waals surface area (Å²) in [5.41, 5.74) is 5.64. The SMILES string of the molecule is COc1c(F)ccc(-c2cc(N)no2)c1O. The topological polar surface area (TPSA) is 81.5 Å². The Labute approximate surface area is 90.2 Å². The Morgan fingerprint density at radius 2 is 2.25 bits per heavy atom. The van der Waals surface area contributed by atoms with Crippen LogP contribution in [0, 0.1) is 5.82 Å². The lowest BCUT2D eigenvalue weighted by atomic mass is 10.1. The Morgan fingerprint density at radius 3 is 2.81 bits per heavy atom. The molecular formula is C10H9FN2O3. The van der Waals surface area contributed by atoms with Crippen LogP contribution in [0.2, 0.25) is 0 Å². The highest BCUT2D eigenvalue weighted by molar-refractivity contribution is 5.70. The molecule has 0 saturated carbocycles. The number of nitrogens with two attached hydrogens (primary N) is 1. The molecule has 0 unspecified atom stereocenters. The van der Waals surface area contributed by atoms with Gasteiger partial charge in [0.1, 0.15) is 0 Å². The van der Waals surface area contributed by atoms with Crippen LogP contribution in [0.4, 0.5) is 10.2 Å². The van der Waals surface area contributed by atoms with Crippen LogP contribution in [0.5, 0.6) is 11.5 Å². The summed E-state index contributed by atoms with van der Waals surface area (Å²) in [6.07, 6.45) is 0. The Bertz CT molecular complexity index is 525. The van der Waals surface area contributed by atoms with Gasteiger partial charge in [-0.25, -0.2) is 4.39 Å². The highest BCUT2D eigenvalue weighted by atomic mass is 19.1. The zero-order valence-electron chi connectivity index (χ0n) is 8.40. The van der Waals surface area contributed by atoms with Gasteiger partial charge in [-0.2, -0.15) is 0 Å². The number of aromatic hydroxyl groups is 1. The molecule has 16 heavy (non-hydrogen) atoms. The van der Waals surface area contributed by atoms with Gasteiger partial charge in [-0.3, -0.25) is 0 Å². The van der Waals surface area contributed by atoms with Crippen LogP contribution in [0.25, 0.3) is 11.3 Å². The number of anilines is 1. The lowest BCUT2D eigenvalue weighted by Crippen LogP contribution is -1.90. The molecule has 0 saturated heterocycles. The second-order valence-electron chi connectivity index (χ2n) is 3.09. The van der Waals surface area contributed by atoms with Crippen molar-refractivity contribution in [1.82, 2.24) is 5.16 Å². The number of nitrogens with zero attached hydrogens (tertiary/aromatic N) is 1. The third-order valence-electron chi connectivity index (χ3n) is 2.08. The van der Waals surface area contributed by atoms with Crippen molar-refractivity contribution >= 4 is 5.82 Å². The van der Waals surface area contributed by atoms with E-state index >= 15 is 0 Å². The number of methoxy groups -OCH3 is 1. The fraction of sp³-hybridized carbons (Fsp3) is 0.100. The fourth-order valence-electron chi connectivity index (χ4n) is 1.36. The number of halogens is 1. The largest absolute Gasteiger partial charge is 0.504 e. The second kappa shape index (κ2) is 3.73. The van der Waals surface area contributed by atoms with Gasteiger partial charge >= 0.3 is 0 Å². The normalized spacial score (nSPS) is 10.4. The van der Waals surface area contributed by atoms with E-state index in [1.165, 1.54) is 19.2 Å². The standard InChI is InChI=1S/C10H9FN2O3/c1-15-10-6(11)3-2-5(9(10)14)7-4-8(12)13-16-7/h2-4,14H,1H3,(H2,12,13). The number of ether oxygens (including phenoxy) is 1. The number of aromatic nitrogens is 1. The monoisotopic (exact) mass is 224 g/mol. The van der Waals surface area contributed by atoms with Crippen molar-refractivity contribution in [3.05, 3.63) is 24.0 Å². The minimum absolute atomic E-state index is 0.178. The van der Waals surface area contributed by atoms with Crippen LogP contribution in [-0.2, 0) is 0 Å². The van der Waals surface area contributed by atoms with Crippen molar-refractivity contribution in [2.75, 3.05) is 12.8 Å². The lowest BCUT2D eigenvalue weighted by Gasteiger charge is -2.07. The van der Waals surface area contributed by atoms with Crippen LogP contribution >= 0.6 is 0 Å². The van der Waals surface area contributed by atoms with Gasteiger partial charge in [-0.15, -0.1) is 0 Å². The van der Waals surface area contributed by atoms with Crippen molar-refractivity contribution in [3.63, 3.8) is 0 Å². The molecule has 0 aliphatic heterocycles. The molecule has 0 aliphatic carbocycles. The van der Waals surface area contributed by atoms with Crippen molar-refractivity contribution in [3.8, 4) is 22.8 Å². The van der Waals surface area contributed by atoms with E-state index in [1.807, 2.05) is 0 Å². The minimum Gasteiger partial charge on any atom is -0.504 e. The third kappa shape index (κ3) is 1.54. The van der Waals surface area contributed by atoms with E-state index in [0.29, 0.717) is 0 Å². The number of hydrogen-bond acceptors (Lipinski definition) is 5. The molecule has 0 atom stereocenters. The van der Waals surface area contributed by atoms with Gasteiger partial charge in [-0.1, -0.05) is 5.16 Å². The molecule has 0 amide bonds. The molecule has 0 fully saturated rings. The summed E-state index contributed by atoms with van der Waals surface area (Å²) in [6, 6.07) is 3.94. The maximum absolute atomic E-state index is 13.2. The predicted molar refractivity (Wildman–Crippen MR) is 54.5 cm³/mol. The zero-order valence-corrected chi connectivity index (χ0v) is 8.40. The summed E-state index contributed by atoms with van der Waals surface area (Å²) in [4.78, 5) is 0. The molecule has 1 aromatic carbocycles. The molecule has 6 heteroatoms. The Morgan fingerprint density at radius 1 is 1.50 bits per heavy atom. The van der Waals surface area contributed by atoms with Crippen LogP contribution in [-0.4, -0.2) is 17.4 Å². The molecule has 1 aromatic heterocycles. The first kappa shape index (κ1) is 10.3. The fourth-order valence-corrected chi connectivity index (χ4v) is 1.36. The van der Waals surface area contributed by atoms with E-state index in [4.69, 9.17) is 15.0 Å². The highest BCUT2D eigenvalue weighted by Gasteiger charge is 2.17. The third-order valence-corrected chi connectivity index (χ3v) is 2.08. The molecule has 1 heterocycles. The van der Waals surface area contributed by atoms with Crippen LogP contribution in [0.15, 0.2) is 22.7 Å². The van der Waals surface area contributed by atoms with Crippen LogP contribution in [0.1, 0.15) is 0 Å². The summed E-state index contributed by atoms with van der Waals surface area (Å²) >= 11 is 0. The molecular weight excluding hydrogens is 215 g/mol. The first-order valence-electron chi connectivity index (χ1n) is 4.41. The number of phenols is 1. The van der Waals surface area contributed by atoms with Gasteiger partial charge in [0.2, 0.25) is 0 Å². The van der Waals surface area contributed by atoms with Gasteiger partial charge in [0.05, 0.1) is 12.7 Å². The number of hydrogen-bond donors (Lipinski definition) is 2. The molecule has 2 rings (SSSR count). The van der Waals surface area contributed by atoms with Crippen molar-refractivity contribution in [2.24, 2.45) is 0 Å². The van der Waals surface area contributed by atoms with Gasteiger partial charge in [0, 0.05) is 6.07 Å². The summed E-state index contributed by atoms with van der Waals surface area (Å²) < 4.78 is 22.8. The minimum atomic E-state index is -0.656. The maximum Gasteiger partial charge on any atom is 0.197 e. The number of phenolic OH excluding ortho intramolecular Hbond substituents is 1. The van der Waals surface area contributed by atoms with Gasteiger partial charge < -0.3 is 20.1 Å². The van der Waals surface area contributed by atoms with Gasteiger partial charge in [-0.05, 0) is 12.1 Å². The van der Waals surface area contributed by atoms with E-state index in [-0.39, 0.29) is 28.6 Å². The quantitative estimate of drug-likeness (QED) is 0.812. The predicted octanol–water partition coefficient (Wildman–Crippen LogP) is 1.78. The number of nitrogen functional groups attached to an aromatic ring is 1. The van der Waals surface area contributed by atoms with E-state index in [0.717, 1.165) is 6.07 Å². The molecule has 0 aliphatic rings. The molecule has 5 nitrogen and oxygen atoms in total. The van der Waals surface area contributed by atoms with Crippen LogP contribution in [0.3, 0.4) is 0 Å². The smallest absolute Gasteiger partial charge is 0.197 e. The zero-order chi connectivity index (χ0) is 11.7. The van der Waals surface area contributed by atoms with Crippen molar-refractivity contribution in [2.45, 2.75) is 0 Å². The highest BCUT2D eigenvalue weighted by Crippen LogP contribution is 2.39. The molecule has 84 valence electrons. The number of benzene rings is 1. The first-order valence-corrected chi connectivity index (χ1v) is 4.41. The Kier molecular flexibility index (Phi) is 2.40. The first-order chi connectivity index (χ1) is 7.63. The van der Waals surface area contributed by atoms with E-state index in [9.17, 15) is 9.50 Å². The summed E-state index contributed by atoms with van der Waals surface area (Å²) in [7, 11) is 1.26. The Balaban J connectivity index is 2.58. The van der Waals surface area contributed by atoms with Gasteiger partial charge in [0.15, 0.2) is 28.9 Å². The molecule has 2 aromatic rings.